The largest absolute Gasteiger partial charge is 0.435 e. The number of hydrogen-bond donors (Lipinski definition) is 0. The first-order chi connectivity index (χ1) is 8.90. The van der Waals surface area contributed by atoms with Gasteiger partial charge in [-0.3, -0.25) is 0 Å². The molecule has 0 bridgehead atoms. The molecule has 0 aliphatic carbocycles. The lowest BCUT2D eigenvalue weighted by molar-refractivity contribution is -0.141. The van der Waals surface area contributed by atoms with Crippen LogP contribution in [0, 0.1) is 0 Å². The van der Waals surface area contributed by atoms with Gasteiger partial charge in [0.05, 0.1) is 6.20 Å². The smallest absolute Gasteiger partial charge is 0.419 e. The quantitative estimate of drug-likeness (QED) is 0.860. The number of hydrogen-bond acceptors (Lipinski definition) is 4. The van der Waals surface area contributed by atoms with Crippen LogP contribution in [0.1, 0.15) is 11.3 Å². The standard InChI is InChI=1S/C11H9F3N4O/c1-3-7-4-9(16-15-6-7)19-10-5-8(11(12,13)14)17-18(10)2/h3-6H,1H2,2H3. The molecule has 0 atom stereocenters. The van der Waals surface area contributed by atoms with Crippen molar-refractivity contribution < 1.29 is 17.9 Å². The Morgan fingerprint density at radius 3 is 2.68 bits per heavy atom. The van der Waals surface area contributed by atoms with Crippen molar-refractivity contribution in [1.29, 1.82) is 0 Å². The highest BCUT2D eigenvalue weighted by Crippen LogP contribution is 2.31. The molecule has 2 rings (SSSR count). The molecule has 0 aliphatic rings. The topological polar surface area (TPSA) is 52.8 Å². The first kappa shape index (κ1) is 13.1. The summed E-state index contributed by atoms with van der Waals surface area (Å²) in [4.78, 5) is 0. The molecule has 0 fully saturated rings. The summed E-state index contributed by atoms with van der Waals surface area (Å²) in [6.07, 6.45) is -1.55. The lowest BCUT2D eigenvalue weighted by Crippen LogP contribution is -2.06. The van der Waals surface area contributed by atoms with E-state index < -0.39 is 11.9 Å². The highest BCUT2D eigenvalue weighted by molar-refractivity contribution is 5.46. The number of aryl methyl sites for hydroxylation is 1. The Bertz CT molecular complexity index is 606. The maximum absolute atomic E-state index is 12.5. The minimum Gasteiger partial charge on any atom is -0.419 e. The van der Waals surface area contributed by atoms with Gasteiger partial charge in [0.1, 0.15) is 0 Å². The van der Waals surface area contributed by atoms with Gasteiger partial charge in [-0.1, -0.05) is 12.7 Å². The van der Waals surface area contributed by atoms with Gasteiger partial charge >= 0.3 is 6.18 Å². The molecule has 0 aliphatic heterocycles. The molecule has 100 valence electrons. The third-order valence-electron chi connectivity index (χ3n) is 2.23. The summed E-state index contributed by atoms with van der Waals surface area (Å²) in [5.74, 6) is -0.0167. The van der Waals surface area contributed by atoms with Crippen LogP contribution >= 0.6 is 0 Å². The second-order valence-electron chi connectivity index (χ2n) is 3.62. The molecule has 0 unspecified atom stereocenters. The molecule has 19 heavy (non-hydrogen) atoms. The molecule has 0 amide bonds. The third kappa shape index (κ3) is 2.90. The predicted molar refractivity (Wildman–Crippen MR) is 60.4 cm³/mol. The van der Waals surface area contributed by atoms with E-state index in [9.17, 15) is 13.2 Å². The van der Waals surface area contributed by atoms with Crippen LogP contribution in [-0.2, 0) is 13.2 Å². The van der Waals surface area contributed by atoms with Gasteiger partial charge in [0.15, 0.2) is 5.69 Å². The van der Waals surface area contributed by atoms with Crippen molar-refractivity contribution in [3.05, 3.63) is 36.2 Å². The molecule has 0 spiro atoms. The normalized spacial score (nSPS) is 11.4. The Hall–Kier alpha value is -2.38. The average Bonchev–Trinajstić information content (AvgIpc) is 2.71. The Labute approximate surface area is 106 Å². The summed E-state index contributed by atoms with van der Waals surface area (Å²) in [7, 11) is 1.34. The monoisotopic (exact) mass is 270 g/mol. The zero-order valence-electron chi connectivity index (χ0n) is 9.85. The van der Waals surface area contributed by atoms with Crippen molar-refractivity contribution in [2.45, 2.75) is 6.18 Å². The van der Waals surface area contributed by atoms with E-state index in [0.29, 0.717) is 5.56 Å². The van der Waals surface area contributed by atoms with Crippen LogP contribution in [-0.4, -0.2) is 20.0 Å². The third-order valence-corrected chi connectivity index (χ3v) is 2.23. The number of alkyl halides is 3. The maximum Gasteiger partial charge on any atom is 0.435 e. The molecule has 0 radical (unpaired) electrons. The minimum atomic E-state index is -4.52. The number of nitrogens with zero attached hydrogens (tertiary/aromatic N) is 4. The van der Waals surface area contributed by atoms with E-state index in [0.717, 1.165) is 10.7 Å². The fraction of sp³-hybridized carbons (Fsp3) is 0.182. The molecule has 2 heterocycles. The van der Waals surface area contributed by atoms with Crippen LogP contribution in [0.3, 0.4) is 0 Å². The molecule has 0 N–H and O–H groups in total. The second kappa shape index (κ2) is 4.71. The zero-order valence-corrected chi connectivity index (χ0v) is 9.85. The van der Waals surface area contributed by atoms with E-state index in [4.69, 9.17) is 4.74 Å². The van der Waals surface area contributed by atoms with Crippen molar-refractivity contribution in [2.24, 2.45) is 7.05 Å². The van der Waals surface area contributed by atoms with Crippen LogP contribution in [0.25, 0.3) is 6.08 Å². The molecule has 0 saturated carbocycles. The van der Waals surface area contributed by atoms with Gasteiger partial charge in [0.25, 0.3) is 0 Å². The molecule has 2 aromatic rings. The summed E-state index contributed by atoms with van der Waals surface area (Å²) in [5, 5.41) is 10.6. The summed E-state index contributed by atoms with van der Waals surface area (Å²) in [5.41, 5.74) is -0.388. The first-order valence-electron chi connectivity index (χ1n) is 5.14. The van der Waals surface area contributed by atoms with E-state index >= 15 is 0 Å². The van der Waals surface area contributed by atoms with Gasteiger partial charge in [0, 0.05) is 19.2 Å². The summed E-state index contributed by atoms with van der Waals surface area (Å²) < 4.78 is 43.6. The number of halogens is 3. The van der Waals surface area contributed by atoms with E-state index in [2.05, 4.69) is 21.9 Å². The second-order valence-corrected chi connectivity index (χ2v) is 3.62. The molecule has 5 nitrogen and oxygen atoms in total. The van der Waals surface area contributed by atoms with Crippen molar-refractivity contribution in [1.82, 2.24) is 20.0 Å². The van der Waals surface area contributed by atoms with Gasteiger partial charge in [-0.25, -0.2) is 4.68 Å². The van der Waals surface area contributed by atoms with Gasteiger partial charge in [-0.2, -0.15) is 23.4 Å². The van der Waals surface area contributed by atoms with Crippen LogP contribution < -0.4 is 4.74 Å². The molecular weight excluding hydrogens is 261 g/mol. The fourth-order valence-corrected chi connectivity index (χ4v) is 1.31. The average molecular weight is 270 g/mol. The van der Waals surface area contributed by atoms with Gasteiger partial charge < -0.3 is 4.74 Å². The van der Waals surface area contributed by atoms with Crippen molar-refractivity contribution >= 4 is 6.08 Å². The highest BCUT2D eigenvalue weighted by atomic mass is 19.4. The van der Waals surface area contributed by atoms with Gasteiger partial charge in [0.2, 0.25) is 11.8 Å². The minimum absolute atomic E-state index is 0.0640. The Morgan fingerprint density at radius 2 is 2.11 bits per heavy atom. The number of ether oxygens (including phenoxy) is 1. The fourth-order valence-electron chi connectivity index (χ4n) is 1.31. The Morgan fingerprint density at radius 1 is 1.37 bits per heavy atom. The predicted octanol–water partition coefficient (Wildman–Crippen LogP) is 2.66. The van der Waals surface area contributed by atoms with E-state index in [1.807, 2.05) is 0 Å². The highest BCUT2D eigenvalue weighted by Gasteiger charge is 2.35. The van der Waals surface area contributed by atoms with Crippen LogP contribution in [0.2, 0.25) is 0 Å². The maximum atomic E-state index is 12.5. The van der Waals surface area contributed by atoms with Crippen molar-refractivity contribution in [2.75, 3.05) is 0 Å². The zero-order chi connectivity index (χ0) is 14.0. The van der Waals surface area contributed by atoms with Crippen LogP contribution in [0.15, 0.2) is 24.9 Å². The SMILES string of the molecule is C=Cc1cnnc(Oc2cc(C(F)(F)F)nn2C)c1. The number of aromatic nitrogens is 4. The molecule has 0 aromatic carbocycles. The Kier molecular flexibility index (Phi) is 3.24. The van der Waals surface area contributed by atoms with E-state index in [1.165, 1.54) is 25.4 Å². The number of rotatable bonds is 3. The lowest BCUT2D eigenvalue weighted by atomic mass is 10.3. The molecule has 8 heteroatoms. The summed E-state index contributed by atoms with van der Waals surface area (Å²) in [6, 6.07) is 2.29. The summed E-state index contributed by atoms with van der Waals surface area (Å²) in [6.45, 7) is 3.54. The Balaban J connectivity index is 2.28. The van der Waals surface area contributed by atoms with E-state index in [-0.39, 0.29) is 11.8 Å². The molecule has 0 saturated heterocycles. The first-order valence-corrected chi connectivity index (χ1v) is 5.14. The van der Waals surface area contributed by atoms with E-state index in [1.54, 1.807) is 0 Å². The van der Waals surface area contributed by atoms with Gasteiger partial charge in [-0.05, 0) is 5.56 Å². The van der Waals surface area contributed by atoms with Gasteiger partial charge in [-0.15, -0.1) is 5.10 Å². The lowest BCUT2D eigenvalue weighted by Gasteiger charge is -2.03. The molecule has 2 aromatic heterocycles. The van der Waals surface area contributed by atoms with Crippen LogP contribution in [0.5, 0.6) is 11.8 Å². The van der Waals surface area contributed by atoms with Crippen molar-refractivity contribution in [3.63, 3.8) is 0 Å². The van der Waals surface area contributed by atoms with Crippen molar-refractivity contribution in [3.8, 4) is 11.8 Å². The molecular formula is C11H9F3N4O. The summed E-state index contributed by atoms with van der Waals surface area (Å²) >= 11 is 0. The van der Waals surface area contributed by atoms with Crippen LogP contribution in [0.4, 0.5) is 13.2 Å².